The Kier molecular flexibility index (Phi) is 3.22. The summed E-state index contributed by atoms with van der Waals surface area (Å²) in [7, 11) is 0. The van der Waals surface area contributed by atoms with E-state index in [0.717, 1.165) is 12.0 Å². The van der Waals surface area contributed by atoms with E-state index >= 15 is 0 Å². The minimum atomic E-state index is -0.919. The predicted octanol–water partition coefficient (Wildman–Crippen LogP) is 0.630. The maximum Gasteiger partial charge on any atom is 0.326 e. The Hall–Kier alpha value is -1.88. The van der Waals surface area contributed by atoms with E-state index in [0.29, 0.717) is 18.8 Å². The van der Waals surface area contributed by atoms with Gasteiger partial charge in [-0.3, -0.25) is 4.79 Å². The maximum atomic E-state index is 12.4. The highest BCUT2D eigenvalue weighted by Crippen LogP contribution is 2.48. The zero-order valence-corrected chi connectivity index (χ0v) is 11.1. The molecule has 0 spiro atoms. The summed E-state index contributed by atoms with van der Waals surface area (Å²) in [6, 6.07) is 8.31. The van der Waals surface area contributed by atoms with Crippen LogP contribution >= 0.6 is 0 Å². The molecule has 5 nitrogen and oxygen atoms in total. The molecule has 0 aromatic heterocycles. The van der Waals surface area contributed by atoms with E-state index in [9.17, 15) is 14.7 Å². The first-order valence-corrected chi connectivity index (χ1v) is 6.92. The van der Waals surface area contributed by atoms with Crippen LogP contribution in [0.4, 0.5) is 0 Å². The normalized spacial score (nSPS) is 28.9. The Morgan fingerprint density at radius 3 is 2.65 bits per heavy atom. The standard InChI is InChI=1S/C15H18N2O3/c16-11(6-9-4-2-1-3-5-9)14(18)17-12-7-10(12)8-13(17)15(19)20/h1-5,10-13H,6-8,16H2,(H,19,20)/t10?,11-,12?,13-/m0/s1. The summed E-state index contributed by atoms with van der Waals surface area (Å²) in [5.41, 5.74) is 6.98. The number of carbonyl (C=O) groups excluding carboxylic acids is 1. The molecule has 1 aliphatic carbocycles. The van der Waals surface area contributed by atoms with Crippen LogP contribution in [0.2, 0.25) is 0 Å². The summed E-state index contributed by atoms with van der Waals surface area (Å²) in [5.74, 6) is -0.785. The first-order chi connectivity index (χ1) is 9.58. The van der Waals surface area contributed by atoms with Gasteiger partial charge in [-0.15, -0.1) is 0 Å². The Balaban J connectivity index is 1.70. The van der Waals surface area contributed by atoms with Crippen molar-refractivity contribution in [3.63, 3.8) is 0 Å². The molecule has 1 saturated carbocycles. The number of amides is 1. The molecule has 1 aromatic rings. The van der Waals surface area contributed by atoms with Gasteiger partial charge in [0.2, 0.25) is 5.91 Å². The van der Waals surface area contributed by atoms with Crippen molar-refractivity contribution < 1.29 is 14.7 Å². The number of aliphatic carboxylic acids is 1. The van der Waals surface area contributed by atoms with Crippen LogP contribution < -0.4 is 5.73 Å². The molecular weight excluding hydrogens is 256 g/mol. The van der Waals surface area contributed by atoms with Crippen LogP contribution in [0.5, 0.6) is 0 Å². The second kappa shape index (κ2) is 4.90. The van der Waals surface area contributed by atoms with E-state index < -0.39 is 18.1 Å². The van der Waals surface area contributed by atoms with Crippen LogP contribution in [-0.2, 0) is 16.0 Å². The summed E-state index contributed by atoms with van der Waals surface area (Å²) < 4.78 is 0. The molecule has 1 amide bonds. The highest BCUT2D eigenvalue weighted by Gasteiger charge is 2.56. The summed E-state index contributed by atoms with van der Waals surface area (Å²) in [6.45, 7) is 0. The van der Waals surface area contributed by atoms with Crippen molar-refractivity contribution in [2.75, 3.05) is 0 Å². The van der Waals surface area contributed by atoms with Crippen LogP contribution in [0, 0.1) is 5.92 Å². The van der Waals surface area contributed by atoms with E-state index in [1.54, 1.807) is 0 Å². The molecule has 1 saturated heterocycles. The lowest BCUT2D eigenvalue weighted by Gasteiger charge is -2.27. The Labute approximate surface area is 117 Å². The molecular formula is C15H18N2O3. The average Bonchev–Trinajstić information content (AvgIpc) is 3.10. The van der Waals surface area contributed by atoms with Gasteiger partial charge in [-0.25, -0.2) is 4.79 Å². The molecule has 2 aliphatic rings. The van der Waals surface area contributed by atoms with Crippen molar-refractivity contribution in [1.29, 1.82) is 0 Å². The van der Waals surface area contributed by atoms with Gasteiger partial charge in [-0.1, -0.05) is 30.3 Å². The number of hydrogen-bond donors (Lipinski definition) is 2. The van der Waals surface area contributed by atoms with Gasteiger partial charge in [-0.05, 0) is 30.7 Å². The minimum Gasteiger partial charge on any atom is -0.480 e. The van der Waals surface area contributed by atoms with Gasteiger partial charge >= 0.3 is 5.97 Å². The molecule has 2 unspecified atom stereocenters. The zero-order chi connectivity index (χ0) is 14.3. The van der Waals surface area contributed by atoms with E-state index in [1.807, 2.05) is 30.3 Å². The van der Waals surface area contributed by atoms with Crippen molar-refractivity contribution in [3.05, 3.63) is 35.9 Å². The number of fused-ring (bicyclic) bond motifs is 1. The third-order valence-corrected chi connectivity index (χ3v) is 4.26. The Morgan fingerprint density at radius 1 is 1.30 bits per heavy atom. The molecule has 1 aliphatic heterocycles. The largest absolute Gasteiger partial charge is 0.480 e. The molecule has 0 bridgehead atoms. The van der Waals surface area contributed by atoms with E-state index in [1.165, 1.54) is 4.90 Å². The second-order valence-electron chi connectivity index (χ2n) is 5.69. The lowest BCUT2D eigenvalue weighted by atomic mass is 10.0. The fourth-order valence-electron chi connectivity index (χ4n) is 3.14. The number of piperidine rings is 1. The fraction of sp³-hybridized carbons (Fsp3) is 0.467. The Bertz CT molecular complexity index is 531. The second-order valence-corrected chi connectivity index (χ2v) is 5.69. The molecule has 5 heteroatoms. The molecule has 3 N–H and O–H groups in total. The van der Waals surface area contributed by atoms with Gasteiger partial charge in [0.1, 0.15) is 6.04 Å². The summed E-state index contributed by atoms with van der Waals surface area (Å²) >= 11 is 0. The highest BCUT2D eigenvalue weighted by molar-refractivity contribution is 5.88. The maximum absolute atomic E-state index is 12.4. The first kappa shape index (κ1) is 13.1. The van der Waals surface area contributed by atoms with Crippen LogP contribution in [0.3, 0.4) is 0 Å². The van der Waals surface area contributed by atoms with Crippen molar-refractivity contribution in [1.82, 2.24) is 4.90 Å². The quantitative estimate of drug-likeness (QED) is 0.843. The summed E-state index contributed by atoms with van der Waals surface area (Å²) in [5, 5.41) is 9.21. The minimum absolute atomic E-state index is 0.102. The number of nitrogens with zero attached hydrogens (tertiary/aromatic N) is 1. The molecule has 2 fully saturated rings. The number of carboxylic acid groups (broad SMARTS) is 1. The van der Waals surface area contributed by atoms with Crippen LogP contribution in [0.1, 0.15) is 18.4 Å². The SMILES string of the molecule is N[C@@H](Cc1ccccc1)C(=O)N1C2CC2C[C@H]1C(=O)O. The Morgan fingerprint density at radius 2 is 2.00 bits per heavy atom. The molecule has 3 rings (SSSR count). The van der Waals surface area contributed by atoms with E-state index in [-0.39, 0.29) is 11.9 Å². The van der Waals surface area contributed by atoms with Crippen LogP contribution in [0.25, 0.3) is 0 Å². The third-order valence-electron chi connectivity index (χ3n) is 4.26. The molecule has 20 heavy (non-hydrogen) atoms. The fourth-order valence-corrected chi connectivity index (χ4v) is 3.14. The topological polar surface area (TPSA) is 83.6 Å². The molecule has 106 valence electrons. The molecule has 4 atom stereocenters. The average molecular weight is 274 g/mol. The van der Waals surface area contributed by atoms with Gasteiger partial charge in [0.15, 0.2) is 0 Å². The van der Waals surface area contributed by atoms with Gasteiger partial charge < -0.3 is 15.7 Å². The zero-order valence-electron chi connectivity index (χ0n) is 11.1. The van der Waals surface area contributed by atoms with Crippen molar-refractivity contribution in [2.24, 2.45) is 11.7 Å². The highest BCUT2D eigenvalue weighted by atomic mass is 16.4. The monoisotopic (exact) mass is 274 g/mol. The van der Waals surface area contributed by atoms with Gasteiger partial charge in [-0.2, -0.15) is 0 Å². The molecule has 1 aromatic carbocycles. The molecule has 0 radical (unpaired) electrons. The number of carbonyl (C=O) groups is 2. The number of hydrogen-bond acceptors (Lipinski definition) is 3. The first-order valence-electron chi connectivity index (χ1n) is 6.92. The van der Waals surface area contributed by atoms with E-state index in [4.69, 9.17) is 5.73 Å². The van der Waals surface area contributed by atoms with Crippen LogP contribution in [-0.4, -0.2) is 40.0 Å². The smallest absolute Gasteiger partial charge is 0.326 e. The van der Waals surface area contributed by atoms with Gasteiger partial charge in [0.05, 0.1) is 6.04 Å². The predicted molar refractivity (Wildman–Crippen MR) is 72.9 cm³/mol. The number of rotatable bonds is 4. The number of benzene rings is 1. The lowest BCUT2D eigenvalue weighted by Crippen LogP contribution is -2.51. The van der Waals surface area contributed by atoms with Crippen molar-refractivity contribution in [3.8, 4) is 0 Å². The van der Waals surface area contributed by atoms with E-state index in [2.05, 4.69) is 0 Å². The van der Waals surface area contributed by atoms with Crippen molar-refractivity contribution in [2.45, 2.75) is 37.4 Å². The number of likely N-dealkylation sites (tertiary alicyclic amines) is 1. The number of nitrogens with two attached hydrogens (primary N) is 1. The van der Waals surface area contributed by atoms with Crippen LogP contribution in [0.15, 0.2) is 30.3 Å². The summed E-state index contributed by atoms with van der Waals surface area (Å²) in [6.07, 6.45) is 1.94. The summed E-state index contributed by atoms with van der Waals surface area (Å²) in [4.78, 5) is 25.2. The lowest BCUT2D eigenvalue weighted by molar-refractivity contribution is -0.149. The molecule has 1 heterocycles. The van der Waals surface area contributed by atoms with Gasteiger partial charge in [0.25, 0.3) is 0 Å². The number of carboxylic acids is 1. The van der Waals surface area contributed by atoms with Crippen molar-refractivity contribution >= 4 is 11.9 Å². The third kappa shape index (κ3) is 2.29. The van der Waals surface area contributed by atoms with Gasteiger partial charge in [0, 0.05) is 6.04 Å².